The minimum absolute atomic E-state index is 0. The SMILES string of the molecule is CC(C)c1[c-]n(C)nc1C(C)C.[Y]. The van der Waals surface area contributed by atoms with Gasteiger partial charge in [0.1, 0.15) is 0 Å². The van der Waals surface area contributed by atoms with Crippen LogP contribution in [0.15, 0.2) is 0 Å². The monoisotopic (exact) mass is 254 g/mol. The maximum absolute atomic E-state index is 4.39. The van der Waals surface area contributed by atoms with Crippen LogP contribution in [0.3, 0.4) is 0 Å². The third-order valence-corrected chi connectivity index (χ3v) is 1.94. The van der Waals surface area contributed by atoms with Crippen LogP contribution in [0.5, 0.6) is 0 Å². The maximum atomic E-state index is 4.39. The molecule has 0 unspecified atom stereocenters. The molecule has 0 atom stereocenters. The molecule has 1 heterocycles. The Bertz CT molecular complexity index is 238. The summed E-state index contributed by atoms with van der Waals surface area (Å²) in [5.41, 5.74) is 2.44. The van der Waals surface area contributed by atoms with Crippen LogP contribution in [-0.4, -0.2) is 9.78 Å². The van der Waals surface area contributed by atoms with Crippen molar-refractivity contribution in [3.8, 4) is 0 Å². The summed E-state index contributed by atoms with van der Waals surface area (Å²) in [6, 6.07) is 0. The van der Waals surface area contributed by atoms with Crippen LogP contribution in [0, 0.1) is 6.20 Å². The molecule has 0 amide bonds. The van der Waals surface area contributed by atoms with Crippen molar-refractivity contribution in [2.75, 3.05) is 0 Å². The molecule has 0 spiro atoms. The summed E-state index contributed by atoms with van der Waals surface area (Å²) in [6.07, 6.45) is 3.23. The van der Waals surface area contributed by atoms with Crippen molar-refractivity contribution in [2.45, 2.75) is 39.5 Å². The summed E-state index contributed by atoms with van der Waals surface area (Å²) >= 11 is 0. The van der Waals surface area contributed by atoms with E-state index in [1.165, 1.54) is 11.3 Å². The smallest absolute Gasteiger partial charge is 0.00776 e. The quantitative estimate of drug-likeness (QED) is 0.741. The van der Waals surface area contributed by atoms with E-state index in [4.69, 9.17) is 0 Å². The van der Waals surface area contributed by atoms with Crippen molar-refractivity contribution < 1.29 is 32.7 Å². The first kappa shape index (κ1) is 13.3. The molecule has 0 aromatic carbocycles. The van der Waals surface area contributed by atoms with E-state index in [0.29, 0.717) is 11.8 Å². The topological polar surface area (TPSA) is 17.8 Å². The van der Waals surface area contributed by atoms with E-state index in [1.807, 2.05) is 7.05 Å². The summed E-state index contributed by atoms with van der Waals surface area (Å²) in [5, 5.41) is 4.39. The largest absolute Gasteiger partial charge is 0.379 e. The van der Waals surface area contributed by atoms with Crippen molar-refractivity contribution in [1.82, 2.24) is 9.78 Å². The Labute approximate surface area is 106 Å². The van der Waals surface area contributed by atoms with Crippen LogP contribution in [0.4, 0.5) is 0 Å². The Kier molecular flexibility index (Phi) is 5.39. The first-order chi connectivity index (χ1) is 5.52. The number of hydrogen-bond donors (Lipinski definition) is 0. The van der Waals surface area contributed by atoms with E-state index in [-0.39, 0.29) is 32.7 Å². The van der Waals surface area contributed by atoms with Crippen LogP contribution >= 0.6 is 0 Å². The van der Waals surface area contributed by atoms with Gasteiger partial charge in [-0.1, -0.05) is 45.2 Å². The molecular formula is C10H17N2Y-. The zero-order chi connectivity index (χ0) is 9.30. The predicted octanol–water partition coefficient (Wildman–Crippen LogP) is 2.46. The number of aryl methyl sites for hydroxylation is 1. The Morgan fingerprint density at radius 3 is 2.00 bits per heavy atom. The van der Waals surface area contributed by atoms with Crippen LogP contribution < -0.4 is 0 Å². The molecule has 0 N–H and O–H groups in total. The number of aromatic nitrogens is 2. The van der Waals surface area contributed by atoms with Crippen molar-refractivity contribution >= 4 is 0 Å². The van der Waals surface area contributed by atoms with Gasteiger partial charge in [0, 0.05) is 39.8 Å². The second kappa shape index (κ2) is 5.26. The van der Waals surface area contributed by atoms with Gasteiger partial charge in [-0.15, -0.1) is 6.20 Å². The fourth-order valence-electron chi connectivity index (χ4n) is 1.32. The molecule has 0 aliphatic heterocycles. The molecule has 1 rings (SSSR count). The Balaban J connectivity index is 0.00000144. The molecule has 71 valence electrons. The molecule has 0 bridgehead atoms. The molecule has 2 nitrogen and oxygen atoms in total. The van der Waals surface area contributed by atoms with Crippen LogP contribution in [0.1, 0.15) is 50.8 Å². The second-order valence-corrected chi connectivity index (χ2v) is 3.84. The van der Waals surface area contributed by atoms with Gasteiger partial charge < -0.3 is 4.68 Å². The molecule has 0 saturated carbocycles. The molecule has 3 heteroatoms. The van der Waals surface area contributed by atoms with E-state index in [2.05, 4.69) is 39.0 Å². The van der Waals surface area contributed by atoms with Gasteiger partial charge in [0.05, 0.1) is 0 Å². The van der Waals surface area contributed by atoms with E-state index in [9.17, 15) is 0 Å². The van der Waals surface area contributed by atoms with Gasteiger partial charge in [-0.05, 0) is 0 Å². The maximum Gasteiger partial charge on any atom is 0.00776 e. The fraction of sp³-hybridized carbons (Fsp3) is 0.700. The van der Waals surface area contributed by atoms with Gasteiger partial charge in [-0.3, -0.25) is 5.10 Å². The van der Waals surface area contributed by atoms with Gasteiger partial charge in [0.15, 0.2) is 0 Å². The summed E-state index contributed by atoms with van der Waals surface area (Å²) in [5.74, 6) is 1.02. The minimum Gasteiger partial charge on any atom is -0.379 e. The summed E-state index contributed by atoms with van der Waals surface area (Å²) in [7, 11) is 1.93. The molecule has 1 aromatic heterocycles. The first-order valence-corrected chi connectivity index (χ1v) is 4.48. The number of hydrogen-bond acceptors (Lipinski definition) is 1. The molecule has 0 fully saturated rings. The van der Waals surface area contributed by atoms with Crippen LogP contribution in [-0.2, 0) is 39.8 Å². The fourth-order valence-corrected chi connectivity index (χ4v) is 1.32. The van der Waals surface area contributed by atoms with E-state index in [1.54, 1.807) is 4.68 Å². The van der Waals surface area contributed by atoms with Gasteiger partial charge in [-0.2, -0.15) is 5.56 Å². The minimum atomic E-state index is 0. The molecule has 0 aliphatic carbocycles. The zero-order valence-corrected chi connectivity index (χ0v) is 12.0. The second-order valence-electron chi connectivity index (χ2n) is 3.84. The average molecular weight is 254 g/mol. The van der Waals surface area contributed by atoms with E-state index in [0.717, 1.165) is 0 Å². The molecule has 0 saturated heterocycles. The third-order valence-electron chi connectivity index (χ3n) is 1.94. The third kappa shape index (κ3) is 3.17. The molecular weight excluding hydrogens is 237 g/mol. The van der Waals surface area contributed by atoms with Crippen molar-refractivity contribution in [2.24, 2.45) is 7.05 Å². The van der Waals surface area contributed by atoms with Gasteiger partial charge >= 0.3 is 0 Å². The van der Waals surface area contributed by atoms with E-state index >= 15 is 0 Å². The molecule has 1 aromatic rings. The summed E-state index contributed by atoms with van der Waals surface area (Å²) < 4.78 is 1.78. The van der Waals surface area contributed by atoms with Crippen molar-refractivity contribution in [3.05, 3.63) is 17.5 Å². The van der Waals surface area contributed by atoms with Gasteiger partial charge in [0.2, 0.25) is 0 Å². The Hall–Kier alpha value is 0.314. The van der Waals surface area contributed by atoms with Crippen LogP contribution in [0.25, 0.3) is 0 Å². The molecule has 0 aliphatic rings. The van der Waals surface area contributed by atoms with E-state index < -0.39 is 0 Å². The van der Waals surface area contributed by atoms with Crippen molar-refractivity contribution in [3.63, 3.8) is 0 Å². The van der Waals surface area contributed by atoms with Crippen LogP contribution in [0.2, 0.25) is 0 Å². The normalized spacial score (nSPS) is 10.7. The van der Waals surface area contributed by atoms with Gasteiger partial charge in [0.25, 0.3) is 0 Å². The standard InChI is InChI=1S/C10H17N2.Y/c1-7(2)9-6-12(5)11-10(9)8(3)4;/h7-8H,1-5H3;/q-1;. The number of nitrogens with zero attached hydrogens (tertiary/aromatic N) is 2. The summed E-state index contributed by atoms with van der Waals surface area (Å²) in [6.45, 7) is 8.70. The Morgan fingerprint density at radius 1 is 1.15 bits per heavy atom. The average Bonchev–Trinajstić information content (AvgIpc) is 2.31. The number of rotatable bonds is 2. The Morgan fingerprint density at radius 2 is 1.69 bits per heavy atom. The van der Waals surface area contributed by atoms with Crippen molar-refractivity contribution in [1.29, 1.82) is 0 Å². The molecule has 13 heavy (non-hydrogen) atoms. The predicted molar refractivity (Wildman–Crippen MR) is 50.2 cm³/mol. The molecule has 1 radical (unpaired) electrons. The zero-order valence-electron chi connectivity index (χ0n) is 9.13. The summed E-state index contributed by atoms with van der Waals surface area (Å²) in [4.78, 5) is 0. The first-order valence-electron chi connectivity index (χ1n) is 4.48. The van der Waals surface area contributed by atoms with Gasteiger partial charge in [-0.25, -0.2) is 0 Å².